The van der Waals surface area contributed by atoms with Gasteiger partial charge in [0.1, 0.15) is 0 Å². The van der Waals surface area contributed by atoms with E-state index in [1.54, 1.807) is 12.1 Å². The Kier molecular flexibility index (Phi) is 4.64. The second-order valence-corrected chi connectivity index (χ2v) is 6.39. The van der Waals surface area contributed by atoms with Gasteiger partial charge in [0.25, 0.3) is 0 Å². The molecule has 1 aromatic rings. The molecule has 0 amide bonds. The number of likely N-dealkylation sites (tertiary alicyclic amines) is 1. The summed E-state index contributed by atoms with van der Waals surface area (Å²) < 4.78 is 0. The zero-order chi connectivity index (χ0) is 14.0. The van der Waals surface area contributed by atoms with Crippen LogP contribution in [0.3, 0.4) is 0 Å². The Morgan fingerprint density at radius 1 is 1.32 bits per heavy atom. The minimum atomic E-state index is -0.0660. The molecule has 0 bridgehead atoms. The Bertz CT molecular complexity index is 450. The van der Waals surface area contributed by atoms with Crippen molar-refractivity contribution >= 4 is 17.4 Å². The molecule has 1 fully saturated rings. The number of rotatable bonds is 3. The molecule has 19 heavy (non-hydrogen) atoms. The second-order valence-electron chi connectivity index (χ2n) is 5.95. The monoisotopic (exact) mass is 279 g/mol. The first-order valence-electron chi connectivity index (χ1n) is 7.01. The Labute approximate surface area is 120 Å². The number of Topliss-reactive ketones (excluding diaryl/α,β-unsaturated/α-hetero) is 1. The van der Waals surface area contributed by atoms with Crippen molar-refractivity contribution in [2.75, 3.05) is 13.1 Å². The van der Waals surface area contributed by atoms with E-state index in [0.29, 0.717) is 22.4 Å². The molecule has 3 unspecified atom stereocenters. The minimum Gasteiger partial charge on any atom is -0.293 e. The van der Waals surface area contributed by atoms with Gasteiger partial charge in [0.05, 0.1) is 6.04 Å². The van der Waals surface area contributed by atoms with Crippen molar-refractivity contribution in [3.8, 4) is 0 Å². The average molecular weight is 280 g/mol. The highest BCUT2D eigenvalue weighted by Gasteiger charge is 2.29. The van der Waals surface area contributed by atoms with Crippen LogP contribution in [-0.4, -0.2) is 29.8 Å². The SMILES string of the molecule is CC1CC(C)CN(C(C)C(=O)c2cccc(Cl)c2)C1. The van der Waals surface area contributed by atoms with Crippen molar-refractivity contribution in [2.24, 2.45) is 11.8 Å². The van der Waals surface area contributed by atoms with Gasteiger partial charge in [0, 0.05) is 23.7 Å². The number of hydrogen-bond donors (Lipinski definition) is 0. The lowest BCUT2D eigenvalue weighted by molar-refractivity contribution is 0.0686. The highest BCUT2D eigenvalue weighted by atomic mass is 35.5. The summed E-state index contributed by atoms with van der Waals surface area (Å²) in [5, 5.41) is 0.624. The zero-order valence-corrected chi connectivity index (χ0v) is 12.7. The number of ketones is 1. The van der Waals surface area contributed by atoms with Gasteiger partial charge < -0.3 is 0 Å². The number of carbonyl (C=O) groups is 1. The molecule has 1 aliphatic heterocycles. The molecule has 1 saturated heterocycles. The quantitative estimate of drug-likeness (QED) is 0.783. The van der Waals surface area contributed by atoms with Crippen molar-refractivity contribution in [1.82, 2.24) is 4.90 Å². The minimum absolute atomic E-state index is 0.0660. The maximum atomic E-state index is 12.5. The van der Waals surface area contributed by atoms with Crippen LogP contribution in [0.4, 0.5) is 0 Å². The first kappa shape index (κ1) is 14.5. The fraction of sp³-hybridized carbons (Fsp3) is 0.562. The van der Waals surface area contributed by atoms with Gasteiger partial charge in [0.15, 0.2) is 5.78 Å². The molecule has 0 aromatic heterocycles. The van der Waals surface area contributed by atoms with Gasteiger partial charge in [-0.2, -0.15) is 0 Å². The molecule has 0 N–H and O–H groups in total. The van der Waals surface area contributed by atoms with Crippen LogP contribution < -0.4 is 0 Å². The number of hydrogen-bond acceptors (Lipinski definition) is 2. The van der Waals surface area contributed by atoms with E-state index in [2.05, 4.69) is 18.7 Å². The van der Waals surface area contributed by atoms with Crippen LogP contribution in [0.1, 0.15) is 37.6 Å². The topological polar surface area (TPSA) is 20.3 Å². The van der Waals surface area contributed by atoms with Crippen LogP contribution in [0.2, 0.25) is 5.02 Å². The maximum Gasteiger partial charge on any atom is 0.179 e. The predicted molar refractivity (Wildman–Crippen MR) is 79.8 cm³/mol. The third-order valence-electron chi connectivity index (χ3n) is 3.93. The van der Waals surface area contributed by atoms with Gasteiger partial charge in [-0.1, -0.05) is 37.6 Å². The number of carbonyl (C=O) groups excluding carboxylic acids is 1. The van der Waals surface area contributed by atoms with Gasteiger partial charge in [-0.25, -0.2) is 0 Å². The molecular weight excluding hydrogens is 258 g/mol. The second kappa shape index (κ2) is 6.06. The van der Waals surface area contributed by atoms with Gasteiger partial charge in [-0.05, 0) is 37.3 Å². The van der Waals surface area contributed by atoms with Crippen LogP contribution in [0.5, 0.6) is 0 Å². The van der Waals surface area contributed by atoms with E-state index < -0.39 is 0 Å². The molecule has 0 saturated carbocycles. The smallest absolute Gasteiger partial charge is 0.179 e. The van der Waals surface area contributed by atoms with Crippen molar-refractivity contribution in [1.29, 1.82) is 0 Å². The third kappa shape index (κ3) is 3.58. The van der Waals surface area contributed by atoms with Crippen LogP contribution >= 0.6 is 11.6 Å². The molecule has 0 aliphatic carbocycles. The summed E-state index contributed by atoms with van der Waals surface area (Å²) in [6.07, 6.45) is 1.26. The molecule has 0 radical (unpaired) electrons. The first-order chi connectivity index (χ1) is 8.97. The standard InChI is InChI=1S/C16H22ClNO/c1-11-7-12(2)10-18(9-11)13(3)16(19)14-5-4-6-15(17)8-14/h4-6,8,11-13H,7,9-10H2,1-3H3. The number of halogens is 1. The summed E-state index contributed by atoms with van der Waals surface area (Å²) in [5.41, 5.74) is 0.714. The lowest BCUT2D eigenvalue weighted by Crippen LogP contribution is -2.47. The molecule has 3 heteroatoms. The normalized spacial score (nSPS) is 26.1. The van der Waals surface area contributed by atoms with E-state index in [1.165, 1.54) is 6.42 Å². The van der Waals surface area contributed by atoms with Gasteiger partial charge in [-0.15, -0.1) is 0 Å². The van der Waals surface area contributed by atoms with Gasteiger partial charge in [0.2, 0.25) is 0 Å². The van der Waals surface area contributed by atoms with E-state index in [9.17, 15) is 4.79 Å². The van der Waals surface area contributed by atoms with E-state index >= 15 is 0 Å². The number of nitrogens with zero attached hydrogens (tertiary/aromatic N) is 1. The molecule has 2 rings (SSSR count). The Balaban J connectivity index is 2.10. The third-order valence-corrected chi connectivity index (χ3v) is 4.17. The average Bonchev–Trinajstić information content (AvgIpc) is 2.36. The van der Waals surface area contributed by atoms with Crippen LogP contribution in [0.25, 0.3) is 0 Å². The number of benzene rings is 1. The summed E-state index contributed by atoms with van der Waals surface area (Å²) in [5.74, 6) is 1.50. The van der Waals surface area contributed by atoms with Crippen LogP contribution in [-0.2, 0) is 0 Å². The van der Waals surface area contributed by atoms with Gasteiger partial charge >= 0.3 is 0 Å². The Morgan fingerprint density at radius 2 is 1.95 bits per heavy atom. The Morgan fingerprint density at radius 3 is 2.53 bits per heavy atom. The summed E-state index contributed by atoms with van der Waals surface area (Å²) in [7, 11) is 0. The fourth-order valence-corrected chi connectivity index (χ4v) is 3.27. The lowest BCUT2D eigenvalue weighted by Gasteiger charge is -2.38. The molecule has 1 aromatic carbocycles. The lowest BCUT2D eigenvalue weighted by atomic mass is 9.90. The fourth-order valence-electron chi connectivity index (χ4n) is 3.08. The Hall–Kier alpha value is -0.860. The highest BCUT2D eigenvalue weighted by Crippen LogP contribution is 2.24. The highest BCUT2D eigenvalue weighted by molar-refractivity contribution is 6.31. The van der Waals surface area contributed by atoms with Crippen LogP contribution in [0.15, 0.2) is 24.3 Å². The summed E-state index contributed by atoms with van der Waals surface area (Å²) in [6, 6.07) is 7.18. The molecule has 3 atom stereocenters. The molecule has 0 spiro atoms. The van der Waals surface area contributed by atoms with Crippen molar-refractivity contribution in [2.45, 2.75) is 33.2 Å². The van der Waals surface area contributed by atoms with Gasteiger partial charge in [-0.3, -0.25) is 9.69 Å². The van der Waals surface area contributed by atoms with Crippen molar-refractivity contribution in [3.05, 3.63) is 34.9 Å². The molecule has 1 aliphatic rings. The largest absolute Gasteiger partial charge is 0.293 e. The van der Waals surface area contributed by atoms with E-state index in [-0.39, 0.29) is 11.8 Å². The van der Waals surface area contributed by atoms with Crippen LogP contribution in [0, 0.1) is 11.8 Å². The zero-order valence-electron chi connectivity index (χ0n) is 11.9. The first-order valence-corrected chi connectivity index (χ1v) is 7.39. The molecular formula is C16H22ClNO. The summed E-state index contributed by atoms with van der Waals surface area (Å²) in [6.45, 7) is 8.56. The molecule has 2 nitrogen and oxygen atoms in total. The molecule has 104 valence electrons. The van der Waals surface area contributed by atoms with Crippen molar-refractivity contribution < 1.29 is 4.79 Å². The maximum absolute atomic E-state index is 12.5. The van der Waals surface area contributed by atoms with E-state index in [1.807, 2.05) is 19.1 Å². The summed E-state index contributed by atoms with van der Waals surface area (Å²) in [4.78, 5) is 14.8. The molecule has 1 heterocycles. The number of piperidine rings is 1. The van der Waals surface area contributed by atoms with E-state index in [0.717, 1.165) is 13.1 Å². The predicted octanol–water partition coefficient (Wildman–Crippen LogP) is 3.89. The summed E-state index contributed by atoms with van der Waals surface area (Å²) >= 11 is 5.96. The van der Waals surface area contributed by atoms with Crippen molar-refractivity contribution in [3.63, 3.8) is 0 Å². The van der Waals surface area contributed by atoms with E-state index in [4.69, 9.17) is 11.6 Å².